The molecule has 1 amide bonds. The number of benzene rings is 1. The van der Waals surface area contributed by atoms with Crippen LogP contribution in [0.4, 0.5) is 17.3 Å². The molecule has 2 aromatic rings. The van der Waals surface area contributed by atoms with Crippen molar-refractivity contribution in [2.75, 3.05) is 37.8 Å². The van der Waals surface area contributed by atoms with Crippen LogP contribution in [0.5, 0.6) is 0 Å². The molecule has 0 aliphatic heterocycles. The molecule has 7 nitrogen and oxygen atoms in total. The Morgan fingerprint density at radius 1 is 1.18 bits per heavy atom. The number of amides is 1. The Morgan fingerprint density at radius 2 is 1.97 bits per heavy atom. The maximum absolute atomic E-state index is 13.0. The number of hydrogen-bond donors (Lipinski definition) is 3. The molecule has 1 aromatic carbocycles. The summed E-state index contributed by atoms with van der Waals surface area (Å²) < 4.78 is 0. The molecule has 1 heterocycles. The summed E-state index contributed by atoms with van der Waals surface area (Å²) in [5, 5.41) is 9.96. The second kappa shape index (κ2) is 9.29. The summed E-state index contributed by atoms with van der Waals surface area (Å²) in [7, 11) is 4.16. The molecule has 3 N–H and O–H groups in total. The van der Waals surface area contributed by atoms with Crippen molar-refractivity contribution in [3.8, 4) is 0 Å². The fourth-order valence-corrected chi connectivity index (χ4v) is 5.70. The Labute approximate surface area is 197 Å². The van der Waals surface area contributed by atoms with Crippen LogP contribution in [-0.2, 0) is 0 Å². The minimum atomic E-state index is -0.117. The highest BCUT2D eigenvalue weighted by Gasteiger charge is 2.60. The van der Waals surface area contributed by atoms with Crippen molar-refractivity contribution in [1.29, 1.82) is 0 Å². The van der Waals surface area contributed by atoms with E-state index in [1.807, 2.05) is 24.3 Å². The fourth-order valence-electron chi connectivity index (χ4n) is 5.70. The van der Waals surface area contributed by atoms with Gasteiger partial charge in [0.05, 0.1) is 0 Å². The third-order valence-electron chi connectivity index (χ3n) is 8.08. The van der Waals surface area contributed by atoms with Gasteiger partial charge in [-0.15, -0.1) is 0 Å². The number of nitrogens with one attached hydrogen (secondary N) is 3. The lowest BCUT2D eigenvalue weighted by molar-refractivity contribution is 0.0912. The van der Waals surface area contributed by atoms with E-state index < -0.39 is 0 Å². The Balaban J connectivity index is 1.37. The Hall–Kier alpha value is -2.67. The van der Waals surface area contributed by atoms with E-state index in [1.165, 1.54) is 12.8 Å². The third kappa shape index (κ3) is 4.98. The molecule has 1 aromatic heterocycles. The van der Waals surface area contributed by atoms with Crippen molar-refractivity contribution in [2.45, 2.75) is 52.5 Å². The zero-order valence-electron chi connectivity index (χ0n) is 20.6. The Bertz CT molecular complexity index is 987. The van der Waals surface area contributed by atoms with Crippen LogP contribution in [0.2, 0.25) is 0 Å². The van der Waals surface area contributed by atoms with Gasteiger partial charge in [0.25, 0.3) is 5.91 Å². The molecular formula is C26H38N6O. The van der Waals surface area contributed by atoms with Gasteiger partial charge in [-0.3, -0.25) is 4.79 Å². The van der Waals surface area contributed by atoms with Crippen LogP contribution < -0.4 is 16.0 Å². The molecule has 0 spiro atoms. The minimum absolute atomic E-state index is 0.117. The summed E-state index contributed by atoms with van der Waals surface area (Å²) in [6.07, 6.45) is 6.19. The second-order valence-corrected chi connectivity index (χ2v) is 10.8. The van der Waals surface area contributed by atoms with Crippen LogP contribution in [0.1, 0.15) is 56.9 Å². The quantitative estimate of drug-likeness (QED) is 0.487. The number of fused-ring (bicyclic) bond motifs is 2. The normalized spacial score (nSPS) is 25.3. The molecule has 0 radical (unpaired) electrons. The molecule has 2 bridgehead atoms. The largest absolute Gasteiger partial charge is 0.385 e. The summed E-state index contributed by atoms with van der Waals surface area (Å²) in [4.78, 5) is 24.0. The lowest BCUT2D eigenvalue weighted by Crippen LogP contribution is -2.40. The van der Waals surface area contributed by atoms with Gasteiger partial charge in [0.15, 0.2) is 0 Å². The summed E-state index contributed by atoms with van der Waals surface area (Å²) in [5.74, 6) is 0.834. The standard InChI is InChI=1S/C26H38N6O/c1-25(2)20-10-12-26(25,3)17-22(20)30-23(33)21-11-14-28-24(31-21)29-19-9-6-8-18(16-19)27-13-7-15-32(4)5/h6,8-9,11,14,16,20,22,27H,7,10,12-13,15,17H2,1-5H3,(H,30,33)(H,28,29,31). The molecule has 178 valence electrons. The average molecular weight is 451 g/mol. The maximum Gasteiger partial charge on any atom is 0.270 e. The lowest BCUT2D eigenvalue weighted by atomic mass is 9.71. The molecule has 3 unspecified atom stereocenters. The zero-order chi connectivity index (χ0) is 23.6. The van der Waals surface area contributed by atoms with E-state index in [1.54, 1.807) is 12.3 Å². The molecule has 3 atom stereocenters. The highest BCUT2D eigenvalue weighted by Crippen LogP contribution is 2.65. The van der Waals surface area contributed by atoms with E-state index in [0.29, 0.717) is 23.0 Å². The van der Waals surface area contributed by atoms with E-state index in [2.05, 4.69) is 65.7 Å². The van der Waals surface area contributed by atoms with Gasteiger partial charge in [0.1, 0.15) is 5.69 Å². The van der Waals surface area contributed by atoms with Crippen molar-refractivity contribution < 1.29 is 4.79 Å². The monoisotopic (exact) mass is 450 g/mol. The average Bonchev–Trinajstić information content (AvgIpc) is 3.10. The second-order valence-electron chi connectivity index (χ2n) is 10.8. The van der Waals surface area contributed by atoms with Crippen molar-refractivity contribution >= 4 is 23.2 Å². The van der Waals surface area contributed by atoms with Crippen LogP contribution in [0.25, 0.3) is 0 Å². The molecule has 2 aliphatic carbocycles. The molecule has 2 aliphatic rings. The van der Waals surface area contributed by atoms with Gasteiger partial charge >= 0.3 is 0 Å². The van der Waals surface area contributed by atoms with Crippen LogP contribution in [-0.4, -0.2) is 54.0 Å². The first-order chi connectivity index (χ1) is 15.7. The molecular weight excluding hydrogens is 412 g/mol. The third-order valence-corrected chi connectivity index (χ3v) is 8.08. The Kier molecular flexibility index (Phi) is 6.61. The first kappa shape index (κ1) is 23.5. The van der Waals surface area contributed by atoms with Crippen LogP contribution in [0.15, 0.2) is 36.5 Å². The fraction of sp³-hybridized carbons (Fsp3) is 0.577. The van der Waals surface area contributed by atoms with Crippen molar-refractivity contribution in [1.82, 2.24) is 20.2 Å². The first-order valence-corrected chi connectivity index (χ1v) is 12.1. The van der Waals surface area contributed by atoms with Gasteiger partial charge in [0, 0.05) is 30.2 Å². The first-order valence-electron chi connectivity index (χ1n) is 12.1. The molecule has 7 heteroatoms. The SMILES string of the molecule is CN(C)CCCNc1cccc(Nc2nccc(C(=O)NC3CC4(C)CCC3C4(C)C)n2)c1. The molecule has 2 fully saturated rings. The van der Waals surface area contributed by atoms with Gasteiger partial charge in [-0.2, -0.15) is 0 Å². The number of carbonyl (C=O) groups excluding carboxylic acids is 1. The minimum Gasteiger partial charge on any atom is -0.385 e. The summed E-state index contributed by atoms with van der Waals surface area (Å²) in [6.45, 7) is 9.04. The van der Waals surface area contributed by atoms with Gasteiger partial charge in [-0.25, -0.2) is 9.97 Å². The number of anilines is 3. The van der Waals surface area contributed by atoms with E-state index >= 15 is 0 Å². The van der Waals surface area contributed by atoms with E-state index in [9.17, 15) is 4.79 Å². The maximum atomic E-state index is 13.0. The molecule has 4 rings (SSSR count). The smallest absolute Gasteiger partial charge is 0.270 e. The summed E-state index contributed by atoms with van der Waals surface area (Å²) in [5.41, 5.74) is 2.89. The topological polar surface area (TPSA) is 82.2 Å². The number of aromatic nitrogens is 2. The number of hydrogen-bond acceptors (Lipinski definition) is 6. The number of carbonyl (C=O) groups is 1. The Morgan fingerprint density at radius 3 is 2.67 bits per heavy atom. The summed E-state index contributed by atoms with van der Waals surface area (Å²) in [6, 6.07) is 9.94. The number of rotatable bonds is 9. The highest BCUT2D eigenvalue weighted by molar-refractivity contribution is 5.92. The number of nitrogens with zero attached hydrogens (tertiary/aromatic N) is 3. The van der Waals surface area contributed by atoms with Gasteiger partial charge in [-0.05, 0) is 87.3 Å². The van der Waals surface area contributed by atoms with Gasteiger partial charge in [0.2, 0.25) is 5.95 Å². The van der Waals surface area contributed by atoms with E-state index in [0.717, 1.165) is 37.3 Å². The van der Waals surface area contributed by atoms with Crippen LogP contribution >= 0.6 is 0 Å². The van der Waals surface area contributed by atoms with Gasteiger partial charge in [-0.1, -0.05) is 26.8 Å². The molecule has 0 saturated heterocycles. The van der Waals surface area contributed by atoms with Crippen LogP contribution in [0, 0.1) is 16.7 Å². The summed E-state index contributed by atoms with van der Waals surface area (Å²) >= 11 is 0. The molecule has 2 saturated carbocycles. The highest BCUT2D eigenvalue weighted by atomic mass is 16.2. The van der Waals surface area contributed by atoms with E-state index in [4.69, 9.17) is 0 Å². The van der Waals surface area contributed by atoms with Gasteiger partial charge < -0.3 is 20.9 Å². The van der Waals surface area contributed by atoms with Crippen molar-refractivity contribution in [3.63, 3.8) is 0 Å². The molecule has 33 heavy (non-hydrogen) atoms. The lowest BCUT2D eigenvalue weighted by Gasteiger charge is -2.33. The van der Waals surface area contributed by atoms with Crippen molar-refractivity contribution in [2.24, 2.45) is 16.7 Å². The van der Waals surface area contributed by atoms with Crippen LogP contribution in [0.3, 0.4) is 0 Å². The van der Waals surface area contributed by atoms with E-state index in [-0.39, 0.29) is 17.4 Å². The predicted octanol–water partition coefficient (Wildman–Crippen LogP) is 4.53. The zero-order valence-corrected chi connectivity index (χ0v) is 20.6. The predicted molar refractivity (Wildman–Crippen MR) is 134 cm³/mol. The van der Waals surface area contributed by atoms with Crippen molar-refractivity contribution in [3.05, 3.63) is 42.2 Å².